The van der Waals surface area contributed by atoms with E-state index in [1.54, 1.807) is 0 Å². The molecular formula is C15H18Cl2N2. The summed E-state index contributed by atoms with van der Waals surface area (Å²) < 4.78 is 2.31. The van der Waals surface area contributed by atoms with Crippen LogP contribution in [0.25, 0.3) is 11.0 Å². The number of fused-ring (bicyclic) bond motifs is 1. The first kappa shape index (κ1) is 13.3. The van der Waals surface area contributed by atoms with E-state index in [9.17, 15) is 0 Å². The molecule has 0 saturated heterocycles. The quantitative estimate of drug-likeness (QED) is 0.734. The number of benzene rings is 1. The molecule has 1 aromatic carbocycles. The lowest BCUT2D eigenvalue weighted by molar-refractivity contribution is 0.282. The van der Waals surface area contributed by atoms with Gasteiger partial charge in [-0.05, 0) is 24.5 Å². The van der Waals surface area contributed by atoms with Crippen LogP contribution in [0.5, 0.6) is 0 Å². The first-order valence-electron chi connectivity index (χ1n) is 6.99. The van der Waals surface area contributed by atoms with Crippen LogP contribution in [0.2, 0.25) is 5.02 Å². The van der Waals surface area contributed by atoms with Gasteiger partial charge in [0.15, 0.2) is 0 Å². The van der Waals surface area contributed by atoms with E-state index in [2.05, 4.69) is 15.6 Å². The van der Waals surface area contributed by atoms with Crippen LogP contribution in [0, 0.1) is 5.92 Å². The number of aromatic nitrogens is 2. The van der Waals surface area contributed by atoms with Crippen molar-refractivity contribution < 1.29 is 0 Å². The zero-order valence-corrected chi connectivity index (χ0v) is 12.4. The van der Waals surface area contributed by atoms with E-state index in [-0.39, 0.29) is 0 Å². The van der Waals surface area contributed by atoms with Gasteiger partial charge in [-0.15, -0.1) is 11.6 Å². The molecule has 0 radical (unpaired) electrons. The molecule has 0 spiro atoms. The van der Waals surface area contributed by atoms with Gasteiger partial charge in [-0.25, -0.2) is 4.98 Å². The molecule has 0 N–H and O–H groups in total. The summed E-state index contributed by atoms with van der Waals surface area (Å²) in [7, 11) is 0. The lowest BCUT2D eigenvalue weighted by Gasteiger charge is -2.25. The summed E-state index contributed by atoms with van der Waals surface area (Å²) >= 11 is 12.1. The van der Waals surface area contributed by atoms with Crippen molar-refractivity contribution in [2.75, 3.05) is 5.88 Å². The van der Waals surface area contributed by atoms with Crippen LogP contribution in [-0.2, 0) is 13.0 Å². The van der Waals surface area contributed by atoms with Crippen LogP contribution in [-0.4, -0.2) is 15.4 Å². The fraction of sp³-hybridized carbons (Fsp3) is 0.533. The summed E-state index contributed by atoms with van der Waals surface area (Å²) in [6, 6.07) is 6.00. The van der Waals surface area contributed by atoms with Crippen LogP contribution >= 0.6 is 23.2 Å². The number of alkyl halides is 1. The molecule has 3 rings (SSSR count). The lowest BCUT2D eigenvalue weighted by atomic mass is 9.83. The summed E-state index contributed by atoms with van der Waals surface area (Å²) in [6.07, 6.45) is 6.22. The van der Waals surface area contributed by atoms with Crippen molar-refractivity contribution in [3.63, 3.8) is 0 Å². The molecule has 2 aromatic rings. The summed E-state index contributed by atoms with van der Waals surface area (Å²) in [6.45, 7) is 1.04. The predicted molar refractivity (Wildman–Crippen MR) is 81.1 cm³/mol. The zero-order chi connectivity index (χ0) is 13.2. The van der Waals surface area contributed by atoms with E-state index in [0.29, 0.717) is 5.88 Å². The minimum atomic E-state index is 0.602. The molecule has 0 atom stereocenters. The van der Waals surface area contributed by atoms with E-state index >= 15 is 0 Å². The van der Waals surface area contributed by atoms with Crippen molar-refractivity contribution in [1.29, 1.82) is 0 Å². The Labute approximate surface area is 123 Å². The van der Waals surface area contributed by atoms with Crippen molar-refractivity contribution in [3.05, 3.63) is 29.0 Å². The maximum Gasteiger partial charge on any atom is 0.111 e. The van der Waals surface area contributed by atoms with E-state index in [1.807, 2.05) is 12.1 Å². The third-order valence-electron chi connectivity index (χ3n) is 4.11. The van der Waals surface area contributed by atoms with Gasteiger partial charge < -0.3 is 4.57 Å². The van der Waals surface area contributed by atoms with Gasteiger partial charge in [0.05, 0.1) is 10.5 Å². The van der Waals surface area contributed by atoms with Crippen molar-refractivity contribution >= 4 is 34.2 Å². The number of halogens is 2. The largest absolute Gasteiger partial charge is 0.328 e. The van der Waals surface area contributed by atoms with Gasteiger partial charge in [-0.3, -0.25) is 0 Å². The molecule has 2 nitrogen and oxygen atoms in total. The van der Waals surface area contributed by atoms with Crippen LogP contribution in [0.3, 0.4) is 0 Å². The Morgan fingerprint density at radius 2 is 2.16 bits per heavy atom. The smallest absolute Gasteiger partial charge is 0.111 e. The molecule has 0 unspecified atom stereocenters. The molecule has 4 heteroatoms. The Balaban J connectivity index is 1.93. The first-order chi connectivity index (χ1) is 9.29. The van der Waals surface area contributed by atoms with Gasteiger partial charge in [0.2, 0.25) is 0 Å². The van der Waals surface area contributed by atoms with Crippen molar-refractivity contribution in [1.82, 2.24) is 9.55 Å². The summed E-state index contributed by atoms with van der Waals surface area (Å²) in [5.74, 6) is 2.57. The average Bonchev–Trinajstić information content (AvgIpc) is 2.68. The van der Waals surface area contributed by atoms with Gasteiger partial charge in [0.25, 0.3) is 0 Å². The normalized spacial score (nSPS) is 15.9. The van der Waals surface area contributed by atoms with E-state index in [4.69, 9.17) is 23.2 Å². The maximum atomic E-state index is 6.23. The highest BCUT2D eigenvalue weighted by molar-refractivity contribution is 6.34. The molecule has 102 valence electrons. The maximum absolute atomic E-state index is 6.23. The Hall–Kier alpha value is -0.730. The highest BCUT2D eigenvalue weighted by atomic mass is 35.5. The number of hydrogen-bond donors (Lipinski definition) is 0. The Kier molecular flexibility index (Phi) is 3.99. The Morgan fingerprint density at radius 1 is 1.32 bits per heavy atom. The van der Waals surface area contributed by atoms with E-state index in [0.717, 1.165) is 40.8 Å². The molecule has 0 bridgehead atoms. The number of imidazole rings is 1. The highest BCUT2D eigenvalue weighted by Crippen LogP contribution is 2.31. The fourth-order valence-electron chi connectivity index (χ4n) is 2.78. The standard InChI is InChI=1S/C15H18Cl2N2/c16-9-7-14-18-15-12(17)5-2-6-13(15)19(14)10-8-11-3-1-4-11/h2,5-6,11H,1,3-4,7-10H2. The second-order valence-corrected chi connectivity index (χ2v) is 6.10. The van der Waals surface area contributed by atoms with Crippen LogP contribution in [0.1, 0.15) is 31.5 Å². The molecule has 1 saturated carbocycles. The Bertz CT molecular complexity index is 573. The van der Waals surface area contributed by atoms with Gasteiger partial charge in [-0.2, -0.15) is 0 Å². The fourth-order valence-corrected chi connectivity index (χ4v) is 3.16. The Morgan fingerprint density at radius 3 is 2.84 bits per heavy atom. The molecule has 1 aliphatic carbocycles. The van der Waals surface area contributed by atoms with Gasteiger partial charge >= 0.3 is 0 Å². The molecule has 1 fully saturated rings. The van der Waals surface area contributed by atoms with Crippen molar-refractivity contribution in [3.8, 4) is 0 Å². The van der Waals surface area contributed by atoms with E-state index < -0.39 is 0 Å². The minimum Gasteiger partial charge on any atom is -0.328 e. The third-order valence-corrected chi connectivity index (χ3v) is 4.61. The number of rotatable bonds is 5. The van der Waals surface area contributed by atoms with Crippen molar-refractivity contribution in [2.45, 2.75) is 38.6 Å². The summed E-state index contributed by atoms with van der Waals surface area (Å²) in [5, 5.41) is 0.732. The second kappa shape index (κ2) is 5.72. The second-order valence-electron chi connectivity index (χ2n) is 5.31. The lowest BCUT2D eigenvalue weighted by Crippen LogP contribution is -2.15. The molecule has 1 aromatic heterocycles. The molecule has 1 aliphatic rings. The first-order valence-corrected chi connectivity index (χ1v) is 7.90. The number of aryl methyl sites for hydroxylation is 2. The average molecular weight is 297 g/mol. The highest BCUT2D eigenvalue weighted by Gasteiger charge is 2.19. The SMILES string of the molecule is ClCCc1nc2c(Cl)cccc2n1CCC1CCC1. The van der Waals surface area contributed by atoms with Crippen molar-refractivity contribution in [2.24, 2.45) is 5.92 Å². The topological polar surface area (TPSA) is 17.8 Å². The van der Waals surface area contributed by atoms with Gasteiger partial charge in [-0.1, -0.05) is 36.9 Å². The van der Waals surface area contributed by atoms with Gasteiger partial charge in [0.1, 0.15) is 11.3 Å². The monoisotopic (exact) mass is 296 g/mol. The van der Waals surface area contributed by atoms with Gasteiger partial charge in [0, 0.05) is 18.8 Å². The predicted octanol–water partition coefficient (Wildman–Crippen LogP) is 4.66. The van der Waals surface area contributed by atoms with Crippen LogP contribution < -0.4 is 0 Å². The minimum absolute atomic E-state index is 0.602. The molecule has 19 heavy (non-hydrogen) atoms. The number of nitrogens with zero attached hydrogens (tertiary/aromatic N) is 2. The molecule has 1 heterocycles. The third kappa shape index (κ3) is 2.61. The zero-order valence-electron chi connectivity index (χ0n) is 10.9. The summed E-state index contributed by atoms with van der Waals surface area (Å²) in [5.41, 5.74) is 2.06. The van der Waals surface area contributed by atoms with Crippen LogP contribution in [0.4, 0.5) is 0 Å². The molecule has 0 amide bonds. The molecular weight excluding hydrogens is 279 g/mol. The molecule has 0 aliphatic heterocycles. The van der Waals surface area contributed by atoms with E-state index in [1.165, 1.54) is 25.7 Å². The number of para-hydroxylation sites is 1. The summed E-state index contributed by atoms with van der Waals surface area (Å²) in [4.78, 5) is 4.67. The number of hydrogen-bond acceptors (Lipinski definition) is 1. The van der Waals surface area contributed by atoms with Crippen LogP contribution in [0.15, 0.2) is 18.2 Å².